The maximum atomic E-state index is 12.7. The number of carbonyl (C=O) groups is 1. The van der Waals surface area contributed by atoms with Gasteiger partial charge in [0.2, 0.25) is 5.91 Å². The van der Waals surface area contributed by atoms with Crippen molar-refractivity contribution in [1.29, 1.82) is 0 Å². The van der Waals surface area contributed by atoms with E-state index in [1.165, 1.54) is 4.68 Å². The number of pyridine rings is 1. The van der Waals surface area contributed by atoms with Gasteiger partial charge in [-0.25, -0.2) is 9.66 Å². The van der Waals surface area contributed by atoms with Crippen LogP contribution < -0.4 is 16.3 Å². The summed E-state index contributed by atoms with van der Waals surface area (Å²) >= 11 is 5.97. The predicted octanol–water partition coefficient (Wildman–Crippen LogP) is 2.96. The number of anilines is 1. The molecular formula is C21H22ClN5O2. The van der Waals surface area contributed by atoms with Crippen LogP contribution in [0, 0.1) is 6.92 Å². The Labute approximate surface area is 173 Å². The summed E-state index contributed by atoms with van der Waals surface area (Å²) in [7, 11) is 0. The second kappa shape index (κ2) is 9.84. The Balaban J connectivity index is 1.60. The minimum absolute atomic E-state index is 0.182. The van der Waals surface area contributed by atoms with Crippen LogP contribution in [0.2, 0.25) is 5.02 Å². The fourth-order valence-electron chi connectivity index (χ4n) is 2.78. The first-order chi connectivity index (χ1) is 14.0. The fourth-order valence-corrected chi connectivity index (χ4v) is 3.00. The lowest BCUT2D eigenvalue weighted by atomic mass is 10.1. The van der Waals surface area contributed by atoms with Crippen LogP contribution in [-0.2, 0) is 17.6 Å². The van der Waals surface area contributed by atoms with Crippen LogP contribution in [0.3, 0.4) is 0 Å². The Morgan fingerprint density at radius 1 is 1.14 bits per heavy atom. The third-order valence-electron chi connectivity index (χ3n) is 4.30. The molecule has 0 saturated heterocycles. The SMILES string of the molecule is Cc1cnc(NCCc2ccccn2)c(=O)n1NC(=O)CCc1cccc(Cl)c1. The molecule has 0 bridgehead atoms. The van der Waals surface area contributed by atoms with Crippen molar-refractivity contribution in [3.8, 4) is 0 Å². The number of amides is 1. The molecule has 0 aliphatic rings. The van der Waals surface area contributed by atoms with E-state index in [9.17, 15) is 9.59 Å². The van der Waals surface area contributed by atoms with E-state index < -0.39 is 5.56 Å². The molecule has 3 aromatic rings. The monoisotopic (exact) mass is 411 g/mol. The standard InChI is InChI=1S/C21H22ClN5O2/c1-15-14-25-20(24-12-10-18-7-2-3-11-23-18)21(29)27(15)26-19(28)9-8-16-5-4-6-17(22)13-16/h2-7,11,13-14H,8-10,12H2,1H3,(H,24,25)(H,26,28). The highest BCUT2D eigenvalue weighted by molar-refractivity contribution is 6.30. The van der Waals surface area contributed by atoms with Crippen molar-refractivity contribution < 1.29 is 4.79 Å². The van der Waals surface area contributed by atoms with Crippen molar-refractivity contribution >= 4 is 23.3 Å². The van der Waals surface area contributed by atoms with Crippen LogP contribution >= 0.6 is 11.6 Å². The smallest absolute Gasteiger partial charge is 0.312 e. The van der Waals surface area contributed by atoms with Crippen LogP contribution in [-0.4, -0.2) is 27.1 Å². The van der Waals surface area contributed by atoms with E-state index in [2.05, 4.69) is 20.7 Å². The number of benzene rings is 1. The quantitative estimate of drug-likeness (QED) is 0.595. The normalized spacial score (nSPS) is 10.6. The summed E-state index contributed by atoms with van der Waals surface area (Å²) in [6, 6.07) is 13.0. The maximum absolute atomic E-state index is 12.7. The van der Waals surface area contributed by atoms with E-state index in [1.54, 1.807) is 25.4 Å². The maximum Gasteiger partial charge on any atom is 0.312 e. The number of carbonyl (C=O) groups excluding carboxylic acids is 1. The van der Waals surface area contributed by atoms with E-state index in [0.717, 1.165) is 11.3 Å². The van der Waals surface area contributed by atoms with Gasteiger partial charge in [-0.1, -0.05) is 29.8 Å². The summed E-state index contributed by atoms with van der Waals surface area (Å²) in [5.41, 5.74) is 4.67. The highest BCUT2D eigenvalue weighted by Gasteiger charge is 2.11. The van der Waals surface area contributed by atoms with E-state index in [0.29, 0.717) is 30.1 Å². The van der Waals surface area contributed by atoms with E-state index >= 15 is 0 Å². The summed E-state index contributed by atoms with van der Waals surface area (Å²) < 4.78 is 1.22. The van der Waals surface area contributed by atoms with Crippen molar-refractivity contribution in [2.45, 2.75) is 26.2 Å². The molecule has 0 aliphatic heterocycles. The second-order valence-corrected chi connectivity index (χ2v) is 6.99. The molecule has 29 heavy (non-hydrogen) atoms. The summed E-state index contributed by atoms with van der Waals surface area (Å²) in [6.45, 7) is 2.22. The zero-order valence-corrected chi connectivity index (χ0v) is 16.8. The molecule has 1 aromatic carbocycles. The molecule has 0 aliphatic carbocycles. The zero-order valence-electron chi connectivity index (χ0n) is 16.1. The number of aromatic nitrogens is 3. The molecule has 0 spiro atoms. The van der Waals surface area contributed by atoms with Gasteiger partial charge in [-0.2, -0.15) is 0 Å². The van der Waals surface area contributed by atoms with Crippen molar-refractivity contribution in [2.24, 2.45) is 0 Å². The number of hydrogen-bond donors (Lipinski definition) is 2. The van der Waals surface area contributed by atoms with Crippen LogP contribution in [0.15, 0.2) is 59.7 Å². The molecule has 0 unspecified atom stereocenters. The molecule has 0 atom stereocenters. The second-order valence-electron chi connectivity index (χ2n) is 6.55. The lowest BCUT2D eigenvalue weighted by molar-refractivity contribution is -0.117. The molecule has 7 nitrogen and oxygen atoms in total. The molecule has 2 heterocycles. The minimum atomic E-state index is -0.401. The van der Waals surface area contributed by atoms with Gasteiger partial charge in [-0.3, -0.25) is 20.0 Å². The first-order valence-corrected chi connectivity index (χ1v) is 9.67. The van der Waals surface area contributed by atoms with Gasteiger partial charge < -0.3 is 5.32 Å². The van der Waals surface area contributed by atoms with Crippen molar-refractivity contribution in [2.75, 3.05) is 17.3 Å². The molecule has 0 saturated carbocycles. The zero-order chi connectivity index (χ0) is 20.6. The lowest BCUT2D eigenvalue weighted by Gasteiger charge is -2.13. The number of halogens is 1. The Morgan fingerprint density at radius 2 is 2.00 bits per heavy atom. The van der Waals surface area contributed by atoms with Gasteiger partial charge in [0.05, 0.1) is 11.9 Å². The molecule has 8 heteroatoms. The van der Waals surface area contributed by atoms with Gasteiger partial charge in [0.15, 0.2) is 5.82 Å². The van der Waals surface area contributed by atoms with Crippen molar-refractivity contribution in [3.05, 3.63) is 87.2 Å². The Bertz CT molecular complexity index is 1040. The number of hydrogen-bond acceptors (Lipinski definition) is 5. The topological polar surface area (TPSA) is 88.9 Å². The van der Waals surface area contributed by atoms with Gasteiger partial charge in [-0.05, 0) is 43.2 Å². The molecular weight excluding hydrogens is 390 g/mol. The van der Waals surface area contributed by atoms with Crippen LogP contribution in [0.4, 0.5) is 5.82 Å². The van der Waals surface area contributed by atoms with E-state index in [1.807, 2.05) is 36.4 Å². The summed E-state index contributed by atoms with van der Waals surface area (Å²) in [5.74, 6) is -0.0810. The number of rotatable bonds is 8. The first kappa shape index (κ1) is 20.5. The highest BCUT2D eigenvalue weighted by atomic mass is 35.5. The van der Waals surface area contributed by atoms with Gasteiger partial charge in [0.1, 0.15) is 0 Å². The fraction of sp³-hybridized carbons (Fsp3) is 0.238. The average Bonchev–Trinajstić information content (AvgIpc) is 2.72. The summed E-state index contributed by atoms with van der Waals surface area (Å²) in [5, 5.41) is 3.65. The molecule has 150 valence electrons. The van der Waals surface area contributed by atoms with Gasteiger partial charge in [0, 0.05) is 36.3 Å². The molecule has 2 aromatic heterocycles. The molecule has 1 amide bonds. The lowest BCUT2D eigenvalue weighted by Crippen LogP contribution is -2.36. The van der Waals surface area contributed by atoms with Gasteiger partial charge >= 0.3 is 5.56 Å². The van der Waals surface area contributed by atoms with Crippen LogP contribution in [0.5, 0.6) is 0 Å². The summed E-state index contributed by atoms with van der Waals surface area (Å²) in [6.07, 6.45) is 4.69. The summed E-state index contributed by atoms with van der Waals surface area (Å²) in [4.78, 5) is 33.4. The number of nitrogens with one attached hydrogen (secondary N) is 2. The van der Waals surface area contributed by atoms with Gasteiger partial charge in [0.25, 0.3) is 0 Å². The molecule has 0 radical (unpaired) electrons. The van der Waals surface area contributed by atoms with E-state index in [4.69, 9.17) is 11.6 Å². The molecule has 0 fully saturated rings. The Hall–Kier alpha value is -3.19. The third kappa shape index (κ3) is 5.89. The van der Waals surface area contributed by atoms with E-state index in [-0.39, 0.29) is 18.1 Å². The average molecular weight is 412 g/mol. The van der Waals surface area contributed by atoms with Crippen LogP contribution in [0.1, 0.15) is 23.4 Å². The first-order valence-electron chi connectivity index (χ1n) is 9.29. The van der Waals surface area contributed by atoms with Crippen molar-refractivity contribution in [3.63, 3.8) is 0 Å². The van der Waals surface area contributed by atoms with Crippen molar-refractivity contribution in [1.82, 2.24) is 14.6 Å². The highest BCUT2D eigenvalue weighted by Crippen LogP contribution is 2.12. The Kier molecular flexibility index (Phi) is 6.97. The molecule has 3 rings (SSSR count). The molecule has 2 N–H and O–H groups in total. The predicted molar refractivity (Wildman–Crippen MR) is 114 cm³/mol. The number of nitrogens with zero attached hydrogens (tertiary/aromatic N) is 3. The van der Waals surface area contributed by atoms with Gasteiger partial charge in [-0.15, -0.1) is 0 Å². The Morgan fingerprint density at radius 3 is 2.76 bits per heavy atom. The minimum Gasteiger partial charge on any atom is -0.365 e. The third-order valence-corrected chi connectivity index (χ3v) is 4.54. The largest absolute Gasteiger partial charge is 0.365 e. The van der Waals surface area contributed by atoms with Crippen LogP contribution in [0.25, 0.3) is 0 Å². The number of aryl methyl sites for hydroxylation is 2.